The molecule has 5 rings (SSSR count). The molecule has 3 aliphatic rings. The minimum Gasteiger partial charge on any atom is -0.427 e. The summed E-state index contributed by atoms with van der Waals surface area (Å²) < 4.78 is 30.3. The fraction of sp³-hybridized carbons (Fsp3) is 0.517. The molecule has 0 aromatic heterocycles. The van der Waals surface area contributed by atoms with E-state index in [4.69, 9.17) is 4.74 Å². The molecule has 0 aliphatic heterocycles. The van der Waals surface area contributed by atoms with Gasteiger partial charge in [0, 0.05) is 18.3 Å². The third-order valence-corrected chi connectivity index (χ3v) is 10.6. The Kier molecular flexibility index (Phi) is 6.60. The third kappa shape index (κ3) is 4.69. The largest absolute Gasteiger partial charge is 0.427 e. The molecule has 0 saturated heterocycles. The molecule has 2 aromatic carbocycles. The fourth-order valence-corrected chi connectivity index (χ4v) is 8.27. The number of carbonyl (C=O) groups is 2. The maximum Gasteiger partial charge on any atom is 0.311 e. The van der Waals surface area contributed by atoms with Crippen molar-refractivity contribution in [3.63, 3.8) is 0 Å². The lowest BCUT2D eigenvalue weighted by Crippen LogP contribution is -2.42. The van der Waals surface area contributed by atoms with Gasteiger partial charge in [0.1, 0.15) is 11.5 Å². The molecule has 6 heteroatoms. The first-order chi connectivity index (χ1) is 16.8. The van der Waals surface area contributed by atoms with Crippen LogP contribution < -0.4 is 4.74 Å². The zero-order chi connectivity index (χ0) is 24.6. The van der Waals surface area contributed by atoms with Crippen molar-refractivity contribution in [3.05, 3.63) is 59.7 Å². The predicted octanol–water partition coefficient (Wildman–Crippen LogP) is 5.66. The predicted molar refractivity (Wildman–Crippen MR) is 134 cm³/mol. The molecule has 0 N–H and O–H groups in total. The zero-order valence-corrected chi connectivity index (χ0v) is 21.2. The molecule has 0 heterocycles. The van der Waals surface area contributed by atoms with E-state index in [0.29, 0.717) is 47.0 Å². The maximum absolute atomic E-state index is 12.5. The highest BCUT2D eigenvalue weighted by molar-refractivity contribution is 7.91. The lowest BCUT2D eigenvalue weighted by molar-refractivity contribution is -0.134. The van der Waals surface area contributed by atoms with Crippen LogP contribution >= 0.6 is 0 Å². The Labute approximate surface area is 208 Å². The van der Waals surface area contributed by atoms with E-state index < -0.39 is 9.84 Å². The minimum absolute atomic E-state index is 0.0251. The number of hydrogen-bond donors (Lipinski definition) is 0. The number of sulfone groups is 1. The second-order valence-electron chi connectivity index (χ2n) is 10.8. The Morgan fingerprint density at radius 2 is 1.83 bits per heavy atom. The van der Waals surface area contributed by atoms with Gasteiger partial charge in [-0.15, -0.1) is 0 Å². The van der Waals surface area contributed by atoms with E-state index in [1.54, 1.807) is 30.3 Å². The smallest absolute Gasteiger partial charge is 0.311 e. The summed E-state index contributed by atoms with van der Waals surface area (Å²) in [5, 5.41) is 0. The van der Waals surface area contributed by atoms with Crippen LogP contribution in [0.15, 0.2) is 53.4 Å². The number of aryl methyl sites for hydroxylation is 1. The van der Waals surface area contributed by atoms with Gasteiger partial charge in [0.15, 0.2) is 9.84 Å². The van der Waals surface area contributed by atoms with Gasteiger partial charge < -0.3 is 4.74 Å². The molecule has 0 bridgehead atoms. The first-order valence-electron chi connectivity index (χ1n) is 12.9. The second kappa shape index (κ2) is 9.53. The molecular formula is C29H34O5S. The number of ketones is 1. The Hall–Kier alpha value is -2.47. The summed E-state index contributed by atoms with van der Waals surface area (Å²) in [5.41, 5.74) is 2.51. The number of benzene rings is 2. The summed E-state index contributed by atoms with van der Waals surface area (Å²) in [6.07, 6.45) is 6.95. The molecule has 2 aromatic rings. The molecule has 35 heavy (non-hydrogen) atoms. The number of ether oxygens (including phenoxy) is 1. The molecule has 2 fully saturated rings. The Balaban J connectivity index is 1.15. The molecule has 5 nitrogen and oxygen atoms in total. The van der Waals surface area contributed by atoms with Crippen LogP contribution in [-0.4, -0.2) is 25.9 Å². The van der Waals surface area contributed by atoms with Crippen LogP contribution in [0.25, 0.3) is 0 Å². The number of hydrogen-bond acceptors (Lipinski definition) is 5. The SMILES string of the molecule is C[C@]12CC[C@@H]3c4ccc(OC(=O)CCCCS(=O)(=O)c5ccccc5)cc4CC[C@H]3[C@@H]1CCC2=O. The standard InChI is InChI=1S/C29H34O5S/c1-29-17-16-24-23-13-11-21(19-20(23)10-12-25(24)26(29)14-15-27(29)30)34-28(31)9-5-6-18-35(32,33)22-7-3-2-4-8-22/h2-4,7-8,11,13,19,24-26H,5-6,9-10,12,14-18H2,1H3/t24-,25-,26+,29+/m1/s1. The molecule has 4 atom stereocenters. The van der Waals surface area contributed by atoms with Gasteiger partial charge in [-0.05, 0) is 98.1 Å². The highest BCUT2D eigenvalue weighted by atomic mass is 32.2. The summed E-state index contributed by atoms with van der Waals surface area (Å²) in [7, 11) is -3.32. The lowest BCUT2D eigenvalue weighted by Gasteiger charge is -2.48. The second-order valence-corrected chi connectivity index (χ2v) is 12.9. The molecule has 0 amide bonds. The van der Waals surface area contributed by atoms with Crippen molar-refractivity contribution < 1.29 is 22.7 Å². The molecule has 3 aliphatic carbocycles. The Morgan fingerprint density at radius 3 is 2.63 bits per heavy atom. The van der Waals surface area contributed by atoms with Crippen LogP contribution in [-0.2, 0) is 25.8 Å². The van der Waals surface area contributed by atoms with E-state index in [1.807, 2.05) is 12.1 Å². The summed E-state index contributed by atoms with van der Waals surface area (Å²) in [6, 6.07) is 14.4. The van der Waals surface area contributed by atoms with Gasteiger partial charge in [-0.3, -0.25) is 9.59 Å². The monoisotopic (exact) mass is 494 g/mol. The lowest BCUT2D eigenvalue weighted by atomic mass is 9.55. The van der Waals surface area contributed by atoms with E-state index in [9.17, 15) is 18.0 Å². The van der Waals surface area contributed by atoms with Gasteiger partial charge in [-0.2, -0.15) is 0 Å². The minimum atomic E-state index is -3.32. The number of carbonyl (C=O) groups excluding carboxylic acids is 2. The number of unbranched alkanes of at least 4 members (excludes halogenated alkanes) is 1. The van der Waals surface area contributed by atoms with E-state index >= 15 is 0 Å². The van der Waals surface area contributed by atoms with Crippen LogP contribution in [0.5, 0.6) is 5.75 Å². The molecule has 186 valence electrons. The molecule has 0 radical (unpaired) electrons. The van der Waals surface area contributed by atoms with Gasteiger partial charge in [-0.25, -0.2) is 8.42 Å². The molecule has 0 spiro atoms. The van der Waals surface area contributed by atoms with E-state index in [0.717, 1.165) is 38.5 Å². The van der Waals surface area contributed by atoms with Crippen LogP contribution in [0.3, 0.4) is 0 Å². The van der Waals surface area contributed by atoms with Crippen LogP contribution in [0.4, 0.5) is 0 Å². The van der Waals surface area contributed by atoms with Crippen LogP contribution in [0, 0.1) is 17.3 Å². The Bertz CT molecular complexity index is 1220. The number of esters is 1. The van der Waals surface area contributed by atoms with Gasteiger partial charge >= 0.3 is 5.97 Å². The van der Waals surface area contributed by atoms with Crippen molar-refractivity contribution in [3.8, 4) is 5.75 Å². The Morgan fingerprint density at radius 1 is 1.03 bits per heavy atom. The van der Waals surface area contributed by atoms with Crippen molar-refractivity contribution >= 4 is 21.6 Å². The van der Waals surface area contributed by atoms with Crippen molar-refractivity contribution in [2.45, 2.75) is 75.5 Å². The first kappa shape index (κ1) is 24.2. The van der Waals surface area contributed by atoms with Gasteiger partial charge in [0.2, 0.25) is 0 Å². The van der Waals surface area contributed by atoms with Crippen LogP contribution in [0.2, 0.25) is 0 Å². The van der Waals surface area contributed by atoms with Gasteiger partial charge in [0.05, 0.1) is 10.6 Å². The number of Topliss-reactive ketones (excluding diaryl/α,β-unsaturated/α-hetero) is 1. The first-order valence-corrected chi connectivity index (χ1v) is 14.6. The average Bonchev–Trinajstić information content (AvgIpc) is 3.16. The summed E-state index contributed by atoms with van der Waals surface area (Å²) in [6.45, 7) is 2.19. The zero-order valence-electron chi connectivity index (χ0n) is 20.4. The normalized spacial score (nSPS) is 27.6. The third-order valence-electron chi connectivity index (χ3n) is 8.78. The summed E-state index contributed by atoms with van der Waals surface area (Å²) >= 11 is 0. The molecular weight excluding hydrogens is 460 g/mol. The molecule has 0 unspecified atom stereocenters. The van der Waals surface area contributed by atoms with Crippen LogP contribution in [0.1, 0.15) is 75.3 Å². The van der Waals surface area contributed by atoms with Gasteiger partial charge in [0.25, 0.3) is 0 Å². The topological polar surface area (TPSA) is 77.5 Å². The quantitative estimate of drug-likeness (QED) is 0.282. The van der Waals surface area contributed by atoms with Crippen molar-refractivity contribution in [2.75, 3.05) is 5.75 Å². The molecule has 2 saturated carbocycles. The van der Waals surface area contributed by atoms with Gasteiger partial charge in [-0.1, -0.05) is 31.2 Å². The summed E-state index contributed by atoms with van der Waals surface area (Å²) in [4.78, 5) is 25.2. The maximum atomic E-state index is 12.5. The van der Waals surface area contributed by atoms with Crippen molar-refractivity contribution in [1.29, 1.82) is 0 Å². The summed E-state index contributed by atoms with van der Waals surface area (Å²) in [5.74, 6) is 2.32. The fourth-order valence-electron chi connectivity index (χ4n) is 6.88. The number of fused-ring (bicyclic) bond motifs is 5. The van der Waals surface area contributed by atoms with E-state index in [1.165, 1.54) is 11.1 Å². The average molecular weight is 495 g/mol. The van der Waals surface area contributed by atoms with E-state index in [2.05, 4.69) is 13.0 Å². The van der Waals surface area contributed by atoms with E-state index in [-0.39, 0.29) is 23.6 Å². The highest BCUT2D eigenvalue weighted by Gasteiger charge is 2.54. The highest BCUT2D eigenvalue weighted by Crippen LogP contribution is 2.59. The van der Waals surface area contributed by atoms with Crippen molar-refractivity contribution in [2.24, 2.45) is 17.3 Å². The number of rotatable bonds is 7. The van der Waals surface area contributed by atoms with Crippen molar-refractivity contribution in [1.82, 2.24) is 0 Å².